The van der Waals surface area contributed by atoms with Crippen LogP contribution in [-0.2, 0) is 9.53 Å². The zero-order chi connectivity index (χ0) is 13.3. The van der Waals surface area contributed by atoms with Crippen molar-refractivity contribution >= 4 is 23.6 Å². The molecule has 0 radical (unpaired) electrons. The monoisotopic (exact) mass is 274 g/mol. The van der Waals surface area contributed by atoms with Crippen molar-refractivity contribution in [3.05, 3.63) is 34.4 Å². The molecule has 18 heavy (non-hydrogen) atoms. The molecule has 0 saturated carbocycles. The van der Waals surface area contributed by atoms with E-state index in [9.17, 15) is 13.6 Å². The number of alkyl halides is 2. The highest BCUT2D eigenvalue weighted by atomic mass is 35.5. The van der Waals surface area contributed by atoms with Crippen LogP contribution >= 0.6 is 11.6 Å². The van der Waals surface area contributed by atoms with Gasteiger partial charge in [0.2, 0.25) is 0 Å². The number of para-hydroxylation sites is 1. The van der Waals surface area contributed by atoms with Crippen LogP contribution in [0, 0.1) is 0 Å². The van der Waals surface area contributed by atoms with E-state index in [2.05, 4.69) is 9.47 Å². The molecule has 0 unspecified atom stereocenters. The van der Waals surface area contributed by atoms with Crippen LogP contribution in [0.5, 0.6) is 5.75 Å². The van der Waals surface area contributed by atoms with Crippen LogP contribution in [0.1, 0.15) is 12.5 Å². The Kier molecular flexibility index (Phi) is 3.26. The molecule has 0 bridgehead atoms. The molecule has 96 valence electrons. The number of fused-ring (bicyclic) bond motifs is 1. The Morgan fingerprint density at radius 2 is 2.22 bits per heavy atom. The van der Waals surface area contributed by atoms with E-state index in [1.807, 2.05) is 0 Å². The fourth-order valence-electron chi connectivity index (χ4n) is 1.56. The molecule has 6 heteroatoms. The molecule has 0 spiro atoms. The lowest BCUT2D eigenvalue weighted by Crippen LogP contribution is -2.35. The highest BCUT2D eigenvalue weighted by molar-refractivity contribution is 6.32. The molecule has 2 rings (SSSR count). The summed E-state index contributed by atoms with van der Waals surface area (Å²) in [6.07, 6.45) is -2.72. The van der Waals surface area contributed by atoms with Crippen molar-refractivity contribution in [2.45, 2.75) is 13.0 Å². The van der Waals surface area contributed by atoms with E-state index >= 15 is 0 Å². The quantitative estimate of drug-likeness (QED) is 0.777. The van der Waals surface area contributed by atoms with Gasteiger partial charge in [-0.2, -0.15) is 8.78 Å². The average Bonchev–Trinajstić information content (AvgIpc) is 2.29. The Balaban J connectivity index is 2.49. The number of carbonyl (C=O) groups is 1. The molecule has 3 nitrogen and oxygen atoms in total. The summed E-state index contributed by atoms with van der Waals surface area (Å²) in [7, 11) is 0. The number of benzene rings is 1. The van der Waals surface area contributed by atoms with E-state index in [1.54, 1.807) is 6.07 Å². The minimum atomic E-state index is -3.75. The second kappa shape index (κ2) is 4.57. The number of rotatable bonds is 2. The van der Waals surface area contributed by atoms with Crippen LogP contribution in [0.4, 0.5) is 8.78 Å². The predicted octanol–water partition coefficient (Wildman–Crippen LogP) is 3.27. The average molecular weight is 275 g/mol. The normalized spacial score (nSPS) is 16.3. The Morgan fingerprint density at radius 1 is 1.50 bits per heavy atom. The van der Waals surface area contributed by atoms with Gasteiger partial charge in [-0.3, -0.25) is 0 Å². The first-order chi connectivity index (χ1) is 8.45. The van der Waals surface area contributed by atoms with Gasteiger partial charge in [0.1, 0.15) is 5.57 Å². The standard InChI is InChI=1S/C12H9ClF2O3/c1-2-17-11(16)8-6-7-4-3-5-9(13)10(7)18-12(8,14)15/h3-6H,2H2,1H3. The third kappa shape index (κ3) is 2.18. The van der Waals surface area contributed by atoms with Crippen molar-refractivity contribution in [2.75, 3.05) is 6.61 Å². The molecule has 1 heterocycles. The molecule has 0 atom stereocenters. The molecule has 0 saturated heterocycles. The lowest BCUT2D eigenvalue weighted by Gasteiger charge is -2.25. The SMILES string of the molecule is CCOC(=O)C1=Cc2cccc(Cl)c2OC1(F)F. The van der Waals surface area contributed by atoms with Gasteiger partial charge >= 0.3 is 12.1 Å². The van der Waals surface area contributed by atoms with E-state index in [0.29, 0.717) is 5.56 Å². The summed E-state index contributed by atoms with van der Waals surface area (Å²) < 4.78 is 36.4. The summed E-state index contributed by atoms with van der Waals surface area (Å²) in [6.45, 7) is 1.54. The minimum Gasteiger partial charge on any atom is -0.462 e. The summed E-state index contributed by atoms with van der Waals surface area (Å²) in [5.74, 6) is -1.25. The third-order valence-electron chi connectivity index (χ3n) is 2.34. The van der Waals surface area contributed by atoms with Gasteiger partial charge in [-0.05, 0) is 19.1 Å². The molecule has 0 aliphatic carbocycles. The van der Waals surface area contributed by atoms with Gasteiger partial charge in [-0.1, -0.05) is 23.7 Å². The Hall–Kier alpha value is -1.62. The summed E-state index contributed by atoms with van der Waals surface area (Å²) in [4.78, 5) is 11.4. The lowest BCUT2D eigenvalue weighted by molar-refractivity contribution is -0.165. The third-order valence-corrected chi connectivity index (χ3v) is 2.63. The van der Waals surface area contributed by atoms with Crippen molar-refractivity contribution in [1.82, 2.24) is 0 Å². The van der Waals surface area contributed by atoms with Gasteiger partial charge in [-0.15, -0.1) is 0 Å². The van der Waals surface area contributed by atoms with Gasteiger partial charge in [0, 0.05) is 5.56 Å². The van der Waals surface area contributed by atoms with E-state index in [1.165, 1.54) is 19.1 Å². The van der Waals surface area contributed by atoms with Gasteiger partial charge < -0.3 is 9.47 Å². The number of carbonyl (C=O) groups excluding carboxylic acids is 1. The highest BCUT2D eigenvalue weighted by Gasteiger charge is 2.46. The van der Waals surface area contributed by atoms with Crippen LogP contribution in [0.3, 0.4) is 0 Å². The zero-order valence-corrected chi connectivity index (χ0v) is 10.1. The van der Waals surface area contributed by atoms with Crippen LogP contribution in [0.25, 0.3) is 6.08 Å². The smallest absolute Gasteiger partial charge is 0.433 e. The first-order valence-corrected chi connectivity index (χ1v) is 5.58. The van der Waals surface area contributed by atoms with Crippen molar-refractivity contribution in [1.29, 1.82) is 0 Å². The largest absolute Gasteiger partial charge is 0.462 e. The van der Waals surface area contributed by atoms with Gasteiger partial charge in [-0.25, -0.2) is 4.79 Å². The molecule has 0 aromatic heterocycles. The topological polar surface area (TPSA) is 35.5 Å². The number of ether oxygens (including phenoxy) is 2. The number of hydrogen-bond donors (Lipinski definition) is 0. The van der Waals surface area contributed by atoms with Crippen molar-refractivity contribution in [2.24, 2.45) is 0 Å². The Morgan fingerprint density at radius 3 is 2.89 bits per heavy atom. The molecule has 1 aromatic rings. The Labute approximate surface area is 107 Å². The minimum absolute atomic E-state index is 0.00859. The van der Waals surface area contributed by atoms with Crippen LogP contribution in [0.2, 0.25) is 5.02 Å². The summed E-state index contributed by atoms with van der Waals surface area (Å²) in [5.41, 5.74) is -0.518. The summed E-state index contributed by atoms with van der Waals surface area (Å²) in [5, 5.41) is 0.0614. The van der Waals surface area contributed by atoms with Crippen LogP contribution < -0.4 is 4.74 Å². The maximum atomic E-state index is 13.7. The Bertz CT molecular complexity index is 526. The summed E-state index contributed by atoms with van der Waals surface area (Å²) in [6, 6.07) is 4.53. The summed E-state index contributed by atoms with van der Waals surface area (Å²) >= 11 is 5.75. The molecule has 0 fully saturated rings. The predicted molar refractivity (Wildman–Crippen MR) is 61.6 cm³/mol. The molecule has 1 aromatic carbocycles. The molecule has 0 N–H and O–H groups in total. The van der Waals surface area contributed by atoms with E-state index < -0.39 is 17.7 Å². The van der Waals surface area contributed by atoms with Gasteiger partial charge in [0.05, 0.1) is 11.6 Å². The number of esters is 1. The molecular weight excluding hydrogens is 266 g/mol. The van der Waals surface area contributed by atoms with Crippen molar-refractivity contribution in [3.63, 3.8) is 0 Å². The molecule has 0 amide bonds. The number of halogens is 3. The second-order valence-electron chi connectivity index (χ2n) is 3.56. The molecule has 1 aliphatic heterocycles. The molecular formula is C12H9ClF2O3. The van der Waals surface area contributed by atoms with Crippen molar-refractivity contribution in [3.8, 4) is 5.75 Å². The van der Waals surface area contributed by atoms with E-state index in [-0.39, 0.29) is 17.4 Å². The highest BCUT2D eigenvalue weighted by Crippen LogP contribution is 2.41. The van der Waals surface area contributed by atoms with Crippen LogP contribution in [0.15, 0.2) is 23.8 Å². The van der Waals surface area contributed by atoms with Crippen LogP contribution in [-0.4, -0.2) is 18.7 Å². The fraction of sp³-hybridized carbons (Fsp3) is 0.250. The maximum Gasteiger partial charge on any atom is 0.433 e. The molecule has 1 aliphatic rings. The van der Waals surface area contributed by atoms with Crippen molar-refractivity contribution < 1.29 is 23.0 Å². The van der Waals surface area contributed by atoms with E-state index in [0.717, 1.165) is 6.08 Å². The van der Waals surface area contributed by atoms with Gasteiger partial charge in [0.15, 0.2) is 5.75 Å². The first kappa shape index (κ1) is 12.8. The fourth-order valence-corrected chi connectivity index (χ4v) is 1.78. The number of hydrogen-bond acceptors (Lipinski definition) is 3. The van der Waals surface area contributed by atoms with Gasteiger partial charge in [0.25, 0.3) is 0 Å². The second-order valence-corrected chi connectivity index (χ2v) is 3.96. The van der Waals surface area contributed by atoms with E-state index in [4.69, 9.17) is 11.6 Å². The first-order valence-electron chi connectivity index (χ1n) is 5.20. The maximum absolute atomic E-state index is 13.7. The lowest BCUT2D eigenvalue weighted by atomic mass is 10.1. The zero-order valence-electron chi connectivity index (χ0n) is 9.38.